The summed E-state index contributed by atoms with van der Waals surface area (Å²) in [7, 11) is 0. The third-order valence-electron chi connectivity index (χ3n) is 0. The van der Waals surface area contributed by atoms with E-state index in [2.05, 4.69) is 13.1 Å². The molecule has 0 aliphatic rings. The Labute approximate surface area is 67.1 Å². The van der Waals surface area contributed by atoms with Crippen molar-refractivity contribution in [2.45, 2.75) is 13.1 Å². The van der Waals surface area contributed by atoms with Crippen LogP contribution >= 0.6 is 24.8 Å². The molecule has 0 saturated carbocycles. The van der Waals surface area contributed by atoms with E-state index in [4.69, 9.17) is 0 Å². The minimum atomic E-state index is -0.000000000000000222. The zero-order valence-corrected chi connectivity index (χ0v) is 10.3. The summed E-state index contributed by atoms with van der Waals surface area (Å²) in [6.07, 6.45) is 0. The van der Waals surface area contributed by atoms with Crippen LogP contribution in [0.4, 0.5) is 0 Å². The average Bonchev–Trinajstić information content (AvgIpc) is 0.811. The SMILES string of the molecule is C[SiH](C)[Hf].Cl.Cl. The molecule has 0 fully saturated rings. The van der Waals surface area contributed by atoms with Crippen molar-refractivity contribution in [1.82, 2.24) is 0 Å². The summed E-state index contributed by atoms with van der Waals surface area (Å²) in [6.45, 7) is 4.73. The zero-order chi connectivity index (χ0) is 3.58. The maximum atomic E-state index is 2.37. The van der Waals surface area contributed by atoms with Gasteiger partial charge in [0.05, 0.1) is 0 Å². The Hall–Kier alpha value is 1.67. The Bertz CT molecular complexity index is 16.3. The first-order valence-corrected chi connectivity index (χ1v) is 10.6. The molecule has 0 aromatic heterocycles. The van der Waals surface area contributed by atoms with Crippen molar-refractivity contribution >= 4 is 30.8 Å². The van der Waals surface area contributed by atoms with E-state index in [1.165, 1.54) is 23.5 Å². The van der Waals surface area contributed by atoms with Crippen molar-refractivity contribution in [3.63, 3.8) is 0 Å². The van der Waals surface area contributed by atoms with Crippen LogP contribution in [0.2, 0.25) is 13.1 Å². The van der Waals surface area contributed by atoms with Gasteiger partial charge in [-0.25, -0.2) is 0 Å². The Kier molecular flexibility index (Phi) is 25.6. The molecule has 0 unspecified atom stereocenters. The number of hydrogen-bond acceptors (Lipinski definition) is 0. The van der Waals surface area contributed by atoms with E-state index < -0.39 is 0 Å². The van der Waals surface area contributed by atoms with Gasteiger partial charge in [-0.15, -0.1) is 24.8 Å². The van der Waals surface area contributed by atoms with E-state index in [0.29, 0.717) is 0 Å². The zero-order valence-electron chi connectivity index (χ0n) is 3.89. The minimum Gasteiger partial charge on any atom is -0.147 e. The molecule has 0 aliphatic carbocycles. The summed E-state index contributed by atoms with van der Waals surface area (Å²) < 4.78 is 0. The van der Waals surface area contributed by atoms with Crippen LogP contribution in [0.3, 0.4) is 0 Å². The molecule has 0 aromatic rings. The Morgan fingerprint density at radius 2 is 1.17 bits per heavy atom. The van der Waals surface area contributed by atoms with Crippen LogP contribution in [0.1, 0.15) is 0 Å². The van der Waals surface area contributed by atoms with Crippen LogP contribution < -0.4 is 0 Å². The molecule has 6 heavy (non-hydrogen) atoms. The second kappa shape index (κ2) is 9.83. The molecule has 0 bridgehead atoms. The number of hydrogen-bond donors (Lipinski definition) is 0. The van der Waals surface area contributed by atoms with E-state index in [1.54, 1.807) is 0 Å². The standard InChI is InChI=1S/C2H7Si.2ClH.Hf/c1-3-2;;;/h3H,1-2H3;2*1H;. The second-order valence-electron chi connectivity index (χ2n) is 1.15. The summed E-state index contributed by atoms with van der Waals surface area (Å²) in [5, 5.41) is 0. The minimum absolute atomic E-state index is 0. The molecule has 0 saturated heterocycles. The molecule has 0 nitrogen and oxygen atoms in total. The Morgan fingerprint density at radius 3 is 1.17 bits per heavy atom. The first-order chi connectivity index (χ1) is 1.73. The van der Waals surface area contributed by atoms with Gasteiger partial charge in [0.15, 0.2) is 0 Å². The quantitative estimate of drug-likeness (QED) is 0.593. The third kappa shape index (κ3) is 44.4. The molecule has 0 atom stereocenters. The van der Waals surface area contributed by atoms with Gasteiger partial charge in [0.25, 0.3) is 0 Å². The van der Waals surface area contributed by atoms with Gasteiger partial charge in [-0.05, 0) is 0 Å². The fourth-order valence-electron chi connectivity index (χ4n) is 0. The van der Waals surface area contributed by atoms with Crippen LogP contribution in [0.15, 0.2) is 0 Å². The van der Waals surface area contributed by atoms with E-state index in [1.807, 2.05) is 0 Å². The maximum Gasteiger partial charge on any atom is -0.147 e. The summed E-state index contributed by atoms with van der Waals surface area (Å²) >= 11 is 1.49. The molecule has 0 aromatic carbocycles. The van der Waals surface area contributed by atoms with Crippen LogP contribution in [-0.4, -0.2) is 5.98 Å². The number of rotatable bonds is 0. The van der Waals surface area contributed by atoms with E-state index in [9.17, 15) is 0 Å². The second-order valence-corrected chi connectivity index (χ2v) is 15.9. The molecular weight excluding hydrogens is 302 g/mol. The van der Waals surface area contributed by atoms with Crippen molar-refractivity contribution in [1.29, 1.82) is 0 Å². The molecule has 0 spiro atoms. The first-order valence-electron chi connectivity index (χ1n) is 1.44. The molecule has 0 N–H and O–H groups in total. The smallest absolute Gasteiger partial charge is 0.147 e. The van der Waals surface area contributed by atoms with Crippen molar-refractivity contribution in [3.8, 4) is 0 Å². The van der Waals surface area contributed by atoms with Crippen LogP contribution in [0, 0.1) is 0 Å². The maximum absolute atomic E-state index is 2.37. The van der Waals surface area contributed by atoms with Gasteiger partial charge in [0, 0.05) is 0 Å². The van der Waals surface area contributed by atoms with Crippen LogP contribution in [0.25, 0.3) is 0 Å². The first kappa shape index (κ1) is 15.6. The molecular formula is C2H9Cl2HfSi. The predicted octanol–water partition coefficient (Wildman–Crippen LogP) is 1.36. The molecule has 39 valence electrons. The summed E-state index contributed by atoms with van der Waals surface area (Å²) in [6, 6.07) is 0. The van der Waals surface area contributed by atoms with Crippen LogP contribution in [0.5, 0.6) is 0 Å². The van der Waals surface area contributed by atoms with Crippen molar-refractivity contribution in [2.24, 2.45) is 0 Å². The van der Waals surface area contributed by atoms with E-state index in [0.717, 1.165) is 0 Å². The monoisotopic (exact) mass is 311 g/mol. The van der Waals surface area contributed by atoms with Gasteiger partial charge < -0.3 is 0 Å². The number of halogens is 2. The molecule has 0 aliphatic heterocycles. The van der Waals surface area contributed by atoms with Crippen molar-refractivity contribution < 1.29 is 23.5 Å². The van der Waals surface area contributed by atoms with Crippen molar-refractivity contribution in [3.05, 3.63) is 0 Å². The van der Waals surface area contributed by atoms with Gasteiger partial charge in [-0.1, -0.05) is 0 Å². The third-order valence-corrected chi connectivity index (χ3v) is 0. The van der Waals surface area contributed by atoms with Gasteiger partial charge >= 0.3 is 42.6 Å². The van der Waals surface area contributed by atoms with E-state index in [-0.39, 0.29) is 30.8 Å². The fraction of sp³-hybridized carbons (Fsp3) is 1.00. The largest absolute Gasteiger partial charge is 0.147 e. The molecule has 0 heterocycles. The van der Waals surface area contributed by atoms with Crippen LogP contribution in [-0.2, 0) is 23.5 Å². The van der Waals surface area contributed by atoms with E-state index >= 15 is 0 Å². The average molecular weight is 311 g/mol. The predicted molar refractivity (Wildman–Crippen MR) is 33.4 cm³/mol. The Balaban J connectivity index is -0.0000000450. The summed E-state index contributed by atoms with van der Waals surface area (Å²) in [5.74, 6) is -0.000000000000000222. The normalized spacial score (nSPS) is 5.67. The molecule has 0 rings (SSSR count). The van der Waals surface area contributed by atoms with Gasteiger partial charge in [-0.2, -0.15) is 0 Å². The van der Waals surface area contributed by atoms with Gasteiger partial charge in [0.1, 0.15) is 0 Å². The molecule has 4 heteroatoms. The van der Waals surface area contributed by atoms with Gasteiger partial charge in [-0.3, -0.25) is 0 Å². The Morgan fingerprint density at radius 1 is 1.17 bits per heavy atom. The summed E-state index contributed by atoms with van der Waals surface area (Å²) in [5.41, 5.74) is 0. The van der Waals surface area contributed by atoms with Crippen molar-refractivity contribution in [2.75, 3.05) is 0 Å². The topological polar surface area (TPSA) is 0 Å². The fourth-order valence-corrected chi connectivity index (χ4v) is 0. The van der Waals surface area contributed by atoms with Gasteiger partial charge in [0.2, 0.25) is 0 Å². The molecule has 0 amide bonds. The molecule has 0 radical (unpaired) electrons. The summed E-state index contributed by atoms with van der Waals surface area (Å²) in [4.78, 5) is 0.